The monoisotopic (exact) mass is 465 g/mol. The van der Waals surface area contributed by atoms with Crippen LogP contribution in [0.3, 0.4) is 0 Å². The number of carbonyl (C=O) groups excluding carboxylic acids is 2. The highest BCUT2D eigenvalue weighted by Gasteiger charge is 2.45. The zero-order valence-corrected chi connectivity index (χ0v) is 19.3. The van der Waals surface area contributed by atoms with Crippen LogP contribution >= 0.6 is 0 Å². The number of hydrogen-bond donors (Lipinski definition) is 2. The van der Waals surface area contributed by atoms with Gasteiger partial charge in [0, 0.05) is 25.6 Å². The van der Waals surface area contributed by atoms with Gasteiger partial charge < -0.3 is 20.1 Å². The number of aliphatic hydroxyl groups is 1. The normalized spacial score (nSPS) is 19.5. The summed E-state index contributed by atoms with van der Waals surface area (Å²) in [7, 11) is 1.46. The molecule has 11 heteroatoms. The standard InChI is InChI=1S/C22H29F2N5O4/c1-6-33-16-8-7-13(17(23)18(16)24)14-11-29(27-26-14)19(22(2,3)4)21(32)28-10-12(30)9-15(28)20(31)25-5/h7-8,11-12,15,19,30H,6,9-10H2,1-5H3,(H,25,31)/t12-,15+,19-/m1/s1. The zero-order chi connectivity index (χ0) is 24.5. The fourth-order valence-corrected chi connectivity index (χ4v) is 4.03. The Hall–Kier alpha value is -3.08. The molecule has 1 aromatic carbocycles. The number of aromatic nitrogens is 3. The number of rotatable bonds is 6. The summed E-state index contributed by atoms with van der Waals surface area (Å²) in [6.45, 7) is 7.29. The molecule has 1 saturated heterocycles. The first-order valence-corrected chi connectivity index (χ1v) is 10.7. The highest BCUT2D eigenvalue weighted by molar-refractivity contribution is 5.90. The van der Waals surface area contributed by atoms with E-state index in [0.29, 0.717) is 0 Å². The number of aliphatic hydroxyl groups excluding tert-OH is 1. The van der Waals surface area contributed by atoms with E-state index in [2.05, 4.69) is 15.6 Å². The van der Waals surface area contributed by atoms with Gasteiger partial charge in [-0.25, -0.2) is 9.07 Å². The molecule has 0 aliphatic carbocycles. The summed E-state index contributed by atoms with van der Waals surface area (Å²) in [4.78, 5) is 27.2. The first-order valence-electron chi connectivity index (χ1n) is 10.7. The van der Waals surface area contributed by atoms with Gasteiger partial charge in [0.15, 0.2) is 11.6 Å². The Morgan fingerprint density at radius 1 is 1.30 bits per heavy atom. The van der Waals surface area contributed by atoms with E-state index in [1.165, 1.54) is 35.0 Å². The SMILES string of the molecule is CCOc1ccc(-c2cn([C@H](C(=O)N3C[C@H](O)C[C@H]3C(=O)NC)C(C)(C)C)nn2)c(F)c1F. The van der Waals surface area contributed by atoms with Gasteiger partial charge in [-0.15, -0.1) is 5.10 Å². The number of carbonyl (C=O) groups is 2. The summed E-state index contributed by atoms with van der Waals surface area (Å²) in [5, 5.41) is 20.6. The molecule has 2 N–H and O–H groups in total. The number of likely N-dealkylation sites (tertiary alicyclic amines) is 1. The minimum absolute atomic E-state index is 0.00375. The predicted octanol–water partition coefficient (Wildman–Crippen LogP) is 1.92. The number of β-amino-alcohol motifs (C(OH)–C–C–N with tert-alkyl or cyclic N) is 1. The van der Waals surface area contributed by atoms with Crippen LogP contribution in [0.2, 0.25) is 0 Å². The molecule has 2 aromatic rings. The lowest BCUT2D eigenvalue weighted by molar-refractivity contribution is -0.144. The quantitative estimate of drug-likeness (QED) is 0.675. The molecule has 1 aliphatic rings. The number of ether oxygens (including phenoxy) is 1. The molecule has 2 heterocycles. The van der Waals surface area contributed by atoms with Crippen LogP contribution in [-0.2, 0) is 9.59 Å². The number of likely N-dealkylation sites (N-methyl/N-ethyl adjacent to an activating group) is 1. The van der Waals surface area contributed by atoms with Crippen molar-refractivity contribution in [2.24, 2.45) is 5.41 Å². The molecular weight excluding hydrogens is 436 g/mol. The summed E-state index contributed by atoms with van der Waals surface area (Å²) in [5.74, 6) is -3.27. The second-order valence-electron chi connectivity index (χ2n) is 9.03. The van der Waals surface area contributed by atoms with Gasteiger partial charge in [0.05, 0.1) is 18.9 Å². The van der Waals surface area contributed by atoms with Crippen molar-refractivity contribution in [2.45, 2.75) is 52.3 Å². The number of hydrogen-bond acceptors (Lipinski definition) is 6. The molecule has 2 amide bonds. The maximum atomic E-state index is 14.7. The van der Waals surface area contributed by atoms with Crippen LogP contribution in [0.4, 0.5) is 8.78 Å². The van der Waals surface area contributed by atoms with Gasteiger partial charge >= 0.3 is 0 Å². The average molecular weight is 466 g/mol. The fraction of sp³-hybridized carbons (Fsp3) is 0.545. The first kappa shape index (κ1) is 24.6. The molecule has 3 atom stereocenters. The van der Waals surface area contributed by atoms with Crippen molar-refractivity contribution in [3.05, 3.63) is 30.0 Å². The van der Waals surface area contributed by atoms with E-state index in [1.54, 1.807) is 6.92 Å². The van der Waals surface area contributed by atoms with Crippen molar-refractivity contribution in [1.29, 1.82) is 0 Å². The van der Waals surface area contributed by atoms with Crippen LogP contribution < -0.4 is 10.1 Å². The molecule has 9 nitrogen and oxygen atoms in total. The van der Waals surface area contributed by atoms with Crippen LogP contribution in [0, 0.1) is 17.0 Å². The summed E-state index contributed by atoms with van der Waals surface area (Å²) in [5.41, 5.74) is -0.756. The highest BCUT2D eigenvalue weighted by Crippen LogP contribution is 2.35. The number of halogens is 2. The summed E-state index contributed by atoms with van der Waals surface area (Å²) < 4.78 is 35.4. The van der Waals surface area contributed by atoms with Crippen LogP contribution in [0.25, 0.3) is 11.3 Å². The van der Waals surface area contributed by atoms with Gasteiger partial charge in [-0.1, -0.05) is 26.0 Å². The predicted molar refractivity (Wildman–Crippen MR) is 115 cm³/mol. The minimum atomic E-state index is -1.13. The lowest BCUT2D eigenvalue weighted by Crippen LogP contribution is -2.49. The molecule has 33 heavy (non-hydrogen) atoms. The third-order valence-electron chi connectivity index (χ3n) is 5.56. The molecule has 0 unspecified atom stereocenters. The molecular formula is C22H29F2N5O4. The first-order chi connectivity index (χ1) is 15.5. The summed E-state index contributed by atoms with van der Waals surface area (Å²) in [6.07, 6.45) is 0.665. The van der Waals surface area contributed by atoms with Crippen molar-refractivity contribution in [3.8, 4) is 17.0 Å². The van der Waals surface area contributed by atoms with Crippen molar-refractivity contribution >= 4 is 11.8 Å². The maximum Gasteiger partial charge on any atom is 0.248 e. The van der Waals surface area contributed by atoms with Crippen molar-refractivity contribution in [1.82, 2.24) is 25.2 Å². The van der Waals surface area contributed by atoms with Gasteiger partial charge in [0.25, 0.3) is 0 Å². The third kappa shape index (κ3) is 4.82. The van der Waals surface area contributed by atoms with Crippen LogP contribution in [0.15, 0.2) is 18.3 Å². The van der Waals surface area contributed by atoms with E-state index >= 15 is 0 Å². The second kappa shape index (κ2) is 9.42. The van der Waals surface area contributed by atoms with E-state index in [9.17, 15) is 23.5 Å². The van der Waals surface area contributed by atoms with Gasteiger partial charge in [0.2, 0.25) is 17.6 Å². The average Bonchev–Trinajstić information content (AvgIpc) is 3.37. The van der Waals surface area contributed by atoms with Crippen LogP contribution in [0.5, 0.6) is 5.75 Å². The lowest BCUT2D eigenvalue weighted by Gasteiger charge is -2.34. The van der Waals surface area contributed by atoms with E-state index in [0.717, 1.165) is 0 Å². The fourth-order valence-electron chi connectivity index (χ4n) is 4.03. The Bertz CT molecular complexity index is 1040. The van der Waals surface area contributed by atoms with E-state index in [-0.39, 0.29) is 42.5 Å². The Morgan fingerprint density at radius 3 is 2.61 bits per heavy atom. The van der Waals surface area contributed by atoms with Gasteiger partial charge in [-0.2, -0.15) is 4.39 Å². The molecule has 0 bridgehead atoms. The molecule has 0 saturated carbocycles. The van der Waals surface area contributed by atoms with Gasteiger partial charge in [-0.05, 0) is 24.5 Å². The summed E-state index contributed by atoms with van der Waals surface area (Å²) in [6, 6.07) is 0.918. The lowest BCUT2D eigenvalue weighted by atomic mass is 9.85. The molecule has 3 rings (SSSR count). The largest absolute Gasteiger partial charge is 0.491 e. The summed E-state index contributed by atoms with van der Waals surface area (Å²) >= 11 is 0. The topological polar surface area (TPSA) is 110 Å². The van der Waals surface area contributed by atoms with Gasteiger partial charge in [0.1, 0.15) is 17.8 Å². The Labute approximate surface area is 190 Å². The van der Waals surface area contributed by atoms with Crippen LogP contribution in [-0.4, -0.2) is 69.2 Å². The Kier molecular flexibility index (Phi) is 7.01. The molecule has 1 fully saturated rings. The number of nitrogens with one attached hydrogen (secondary N) is 1. The Balaban J connectivity index is 1.97. The van der Waals surface area contributed by atoms with Crippen molar-refractivity contribution < 1.29 is 28.2 Å². The number of nitrogens with zero attached hydrogens (tertiary/aromatic N) is 4. The van der Waals surface area contributed by atoms with E-state index < -0.39 is 41.1 Å². The zero-order valence-electron chi connectivity index (χ0n) is 19.3. The number of benzene rings is 1. The smallest absolute Gasteiger partial charge is 0.248 e. The Morgan fingerprint density at radius 2 is 2.00 bits per heavy atom. The van der Waals surface area contributed by atoms with E-state index in [1.807, 2.05) is 20.8 Å². The maximum absolute atomic E-state index is 14.7. The van der Waals surface area contributed by atoms with E-state index in [4.69, 9.17) is 4.74 Å². The number of amides is 2. The highest BCUT2D eigenvalue weighted by atomic mass is 19.2. The third-order valence-corrected chi connectivity index (χ3v) is 5.56. The van der Waals surface area contributed by atoms with Gasteiger partial charge in [-0.3, -0.25) is 9.59 Å². The molecule has 0 radical (unpaired) electrons. The minimum Gasteiger partial charge on any atom is -0.491 e. The van der Waals surface area contributed by atoms with Crippen LogP contribution in [0.1, 0.15) is 40.2 Å². The molecule has 180 valence electrons. The van der Waals surface area contributed by atoms with Crippen molar-refractivity contribution in [3.63, 3.8) is 0 Å². The molecule has 1 aromatic heterocycles. The molecule has 0 spiro atoms. The van der Waals surface area contributed by atoms with Crippen molar-refractivity contribution in [2.75, 3.05) is 20.2 Å². The molecule has 1 aliphatic heterocycles. The second-order valence-corrected chi connectivity index (χ2v) is 9.03.